The van der Waals surface area contributed by atoms with Gasteiger partial charge < -0.3 is 0 Å². The van der Waals surface area contributed by atoms with Crippen LogP contribution in [0.2, 0.25) is 0 Å². The van der Waals surface area contributed by atoms with Crippen molar-refractivity contribution in [3.8, 4) is 0 Å². The number of nitrogens with one attached hydrogen (secondary N) is 2. The zero-order valence-electron chi connectivity index (χ0n) is 7.07. The molecule has 0 unspecified atom stereocenters. The summed E-state index contributed by atoms with van der Waals surface area (Å²) in [5.74, 6) is 0. The molecule has 2 heterocycles. The van der Waals surface area contributed by atoms with Gasteiger partial charge in [-0.3, -0.25) is 14.8 Å². The van der Waals surface area contributed by atoms with Gasteiger partial charge in [0, 0.05) is 0 Å². The minimum Gasteiger partial charge on any atom is -0.290 e. The van der Waals surface area contributed by atoms with Crippen LogP contribution in [0.3, 0.4) is 0 Å². The van der Waals surface area contributed by atoms with Gasteiger partial charge in [0.2, 0.25) is 5.16 Å². The molecule has 0 aliphatic rings. The number of rotatable bonds is 1. The maximum absolute atomic E-state index is 11.2. The smallest absolute Gasteiger partial charge is 0.290 e. The van der Waals surface area contributed by atoms with E-state index in [1.807, 2.05) is 4.98 Å². The van der Waals surface area contributed by atoms with Gasteiger partial charge in [-0.1, -0.05) is 11.8 Å². The van der Waals surface area contributed by atoms with Crippen LogP contribution in [0.25, 0.3) is 11.2 Å². The highest BCUT2D eigenvalue weighted by Gasteiger charge is 2.05. The van der Waals surface area contributed by atoms with Crippen LogP contribution in [0.4, 0.5) is 0 Å². The van der Waals surface area contributed by atoms with Crippen LogP contribution in [-0.4, -0.2) is 31.4 Å². The van der Waals surface area contributed by atoms with E-state index >= 15 is 0 Å². The Hall–Kier alpha value is -1.70. The standard InChI is InChI=1S/C6H5N5O2S/c1-14-6-8-3-2(10-11-6)4(12)9-5(13)7-3/h1H3,(H2,7,8,9,11,12,13). The van der Waals surface area contributed by atoms with Gasteiger partial charge in [-0.15, -0.1) is 10.2 Å². The van der Waals surface area contributed by atoms with E-state index in [0.29, 0.717) is 5.16 Å². The summed E-state index contributed by atoms with van der Waals surface area (Å²) in [6, 6.07) is 0. The molecule has 0 aromatic carbocycles. The molecule has 14 heavy (non-hydrogen) atoms. The molecule has 7 nitrogen and oxygen atoms in total. The number of thioether (sulfide) groups is 1. The summed E-state index contributed by atoms with van der Waals surface area (Å²) in [5.41, 5.74) is -1.01. The number of aromatic amines is 2. The summed E-state index contributed by atoms with van der Waals surface area (Å²) >= 11 is 1.28. The number of hydrogen-bond donors (Lipinski definition) is 2. The molecule has 0 radical (unpaired) electrons. The van der Waals surface area contributed by atoms with E-state index in [1.165, 1.54) is 11.8 Å². The molecule has 2 aromatic rings. The minimum atomic E-state index is -0.602. The van der Waals surface area contributed by atoms with Gasteiger partial charge in [-0.05, 0) is 6.26 Å². The van der Waals surface area contributed by atoms with Crippen molar-refractivity contribution in [2.75, 3.05) is 6.26 Å². The predicted molar refractivity (Wildman–Crippen MR) is 50.4 cm³/mol. The zero-order chi connectivity index (χ0) is 10.1. The molecule has 0 atom stereocenters. The molecule has 0 aliphatic heterocycles. The molecule has 0 fully saturated rings. The molecule has 72 valence electrons. The second kappa shape index (κ2) is 3.22. The Morgan fingerprint density at radius 3 is 2.71 bits per heavy atom. The summed E-state index contributed by atoms with van der Waals surface area (Å²) < 4.78 is 0. The summed E-state index contributed by atoms with van der Waals surface area (Å²) in [6.07, 6.45) is 1.77. The van der Waals surface area contributed by atoms with E-state index in [1.54, 1.807) is 6.26 Å². The van der Waals surface area contributed by atoms with E-state index < -0.39 is 11.2 Å². The highest BCUT2D eigenvalue weighted by Crippen LogP contribution is 2.06. The van der Waals surface area contributed by atoms with Gasteiger partial charge in [0.25, 0.3) is 5.56 Å². The molecule has 0 spiro atoms. The van der Waals surface area contributed by atoms with Crippen molar-refractivity contribution in [2.24, 2.45) is 0 Å². The summed E-state index contributed by atoms with van der Waals surface area (Å²) in [4.78, 5) is 30.4. The van der Waals surface area contributed by atoms with Crippen LogP contribution in [0.5, 0.6) is 0 Å². The molecule has 2 N–H and O–H groups in total. The molecule has 0 saturated carbocycles. The number of fused-ring (bicyclic) bond motifs is 1. The van der Waals surface area contributed by atoms with Crippen molar-refractivity contribution < 1.29 is 0 Å². The fraction of sp³-hybridized carbons (Fsp3) is 0.167. The first kappa shape index (κ1) is 8.88. The Balaban J connectivity index is 2.89. The van der Waals surface area contributed by atoms with Crippen LogP contribution in [0.1, 0.15) is 0 Å². The quantitative estimate of drug-likeness (QED) is 0.594. The first-order valence-corrected chi connectivity index (χ1v) is 4.84. The fourth-order valence-corrected chi connectivity index (χ4v) is 1.24. The van der Waals surface area contributed by atoms with Gasteiger partial charge >= 0.3 is 5.69 Å². The first-order chi connectivity index (χ1) is 6.70. The second-order valence-electron chi connectivity index (χ2n) is 2.40. The number of hydrogen-bond acceptors (Lipinski definition) is 6. The first-order valence-electron chi connectivity index (χ1n) is 3.62. The molecule has 0 aliphatic carbocycles. The number of nitrogens with zero attached hydrogens (tertiary/aromatic N) is 3. The average Bonchev–Trinajstić information content (AvgIpc) is 2.16. The predicted octanol–water partition coefficient (Wildman–Crippen LogP) is -0.877. The molecule has 0 saturated heterocycles. The summed E-state index contributed by atoms with van der Waals surface area (Å²) in [6.45, 7) is 0. The van der Waals surface area contributed by atoms with E-state index in [4.69, 9.17) is 0 Å². The Kier molecular flexibility index (Phi) is 2.04. The van der Waals surface area contributed by atoms with Gasteiger partial charge in [0.1, 0.15) is 0 Å². The highest BCUT2D eigenvalue weighted by molar-refractivity contribution is 7.98. The number of aromatic nitrogens is 5. The lowest BCUT2D eigenvalue weighted by molar-refractivity contribution is 0.858. The maximum atomic E-state index is 11.2. The maximum Gasteiger partial charge on any atom is 0.327 e. The van der Waals surface area contributed by atoms with Crippen molar-refractivity contribution in [1.29, 1.82) is 0 Å². The van der Waals surface area contributed by atoms with E-state index in [0.717, 1.165) is 0 Å². The summed E-state index contributed by atoms with van der Waals surface area (Å²) in [5, 5.41) is 7.72. The molecular formula is C6H5N5O2S. The van der Waals surface area contributed by atoms with Crippen molar-refractivity contribution in [3.63, 3.8) is 0 Å². The lowest BCUT2D eigenvalue weighted by Crippen LogP contribution is -2.23. The monoisotopic (exact) mass is 211 g/mol. The fourth-order valence-electron chi connectivity index (χ4n) is 0.939. The third kappa shape index (κ3) is 1.39. The van der Waals surface area contributed by atoms with Crippen molar-refractivity contribution in [2.45, 2.75) is 5.16 Å². The van der Waals surface area contributed by atoms with Gasteiger partial charge in [0.15, 0.2) is 11.2 Å². The molecule has 2 aromatic heterocycles. The largest absolute Gasteiger partial charge is 0.327 e. The molecular weight excluding hydrogens is 206 g/mol. The Morgan fingerprint density at radius 2 is 2.00 bits per heavy atom. The van der Waals surface area contributed by atoms with E-state index in [2.05, 4.69) is 20.2 Å². The Bertz CT molecular complexity index is 589. The van der Waals surface area contributed by atoms with Crippen LogP contribution in [-0.2, 0) is 0 Å². The van der Waals surface area contributed by atoms with Crippen molar-refractivity contribution in [1.82, 2.24) is 25.1 Å². The Labute approximate surface area is 81.0 Å². The van der Waals surface area contributed by atoms with Crippen LogP contribution in [0.15, 0.2) is 14.7 Å². The van der Waals surface area contributed by atoms with E-state index in [9.17, 15) is 9.59 Å². The van der Waals surface area contributed by atoms with Crippen LogP contribution in [0, 0.1) is 0 Å². The van der Waals surface area contributed by atoms with Crippen LogP contribution < -0.4 is 11.2 Å². The van der Waals surface area contributed by atoms with E-state index in [-0.39, 0.29) is 11.2 Å². The molecule has 0 bridgehead atoms. The van der Waals surface area contributed by atoms with Gasteiger partial charge in [-0.25, -0.2) is 9.78 Å². The van der Waals surface area contributed by atoms with Crippen molar-refractivity contribution >= 4 is 22.9 Å². The summed E-state index contributed by atoms with van der Waals surface area (Å²) in [7, 11) is 0. The highest BCUT2D eigenvalue weighted by atomic mass is 32.2. The molecule has 2 rings (SSSR count). The number of H-pyrrole nitrogens is 2. The van der Waals surface area contributed by atoms with Gasteiger partial charge in [-0.2, -0.15) is 0 Å². The van der Waals surface area contributed by atoms with Crippen LogP contribution >= 0.6 is 11.8 Å². The second-order valence-corrected chi connectivity index (χ2v) is 3.18. The molecule has 0 amide bonds. The Morgan fingerprint density at radius 1 is 1.21 bits per heavy atom. The SMILES string of the molecule is CSc1nnc2c(=O)[nH]c(=O)[nH]c2n1. The normalized spacial score (nSPS) is 10.6. The van der Waals surface area contributed by atoms with Crippen molar-refractivity contribution in [3.05, 3.63) is 20.8 Å². The lowest BCUT2D eigenvalue weighted by atomic mass is 10.5. The minimum absolute atomic E-state index is 0.0300. The topological polar surface area (TPSA) is 104 Å². The van der Waals surface area contributed by atoms with Gasteiger partial charge in [0.05, 0.1) is 0 Å². The third-order valence-electron chi connectivity index (χ3n) is 1.52. The average molecular weight is 211 g/mol. The lowest BCUT2D eigenvalue weighted by Gasteiger charge is -1.95. The zero-order valence-corrected chi connectivity index (χ0v) is 7.88. The molecule has 8 heteroatoms. The third-order valence-corrected chi connectivity index (χ3v) is 2.06.